The smallest absolute Gasteiger partial charge is 0.407 e. The maximum Gasteiger partial charge on any atom is 0.407 e. The van der Waals surface area contributed by atoms with E-state index in [1.54, 1.807) is 13.2 Å². The van der Waals surface area contributed by atoms with Crippen LogP contribution in [-0.4, -0.2) is 89.2 Å². The molecular weight excluding hydrogens is 818 g/mol. The summed E-state index contributed by atoms with van der Waals surface area (Å²) in [6.45, 7) is 31.2. The fourth-order valence-corrected chi connectivity index (χ4v) is 9.26. The molecule has 1 amide bonds. The molecule has 0 aromatic heterocycles. The number of ether oxygens (including phenoxy) is 3. The zero-order chi connectivity index (χ0) is 40.4. The van der Waals surface area contributed by atoms with Gasteiger partial charge in [0.2, 0.25) is 0 Å². The van der Waals surface area contributed by atoms with Crippen molar-refractivity contribution in [2.24, 2.45) is 11.8 Å². The second kappa shape index (κ2) is 20.6. The van der Waals surface area contributed by atoms with Crippen LogP contribution in [0.3, 0.4) is 0 Å². The number of carboxylic acid groups (broad SMARTS) is 1. The average Bonchev–Trinajstić information content (AvgIpc) is 3.46. The Morgan fingerprint density at radius 1 is 1.04 bits per heavy atom. The summed E-state index contributed by atoms with van der Waals surface area (Å²) in [6.07, 6.45) is 3.14. The summed E-state index contributed by atoms with van der Waals surface area (Å²) in [5.74, 6) is 0.842. The van der Waals surface area contributed by atoms with Gasteiger partial charge in [-0.05, 0) is 82.4 Å². The van der Waals surface area contributed by atoms with E-state index < -0.39 is 22.7 Å². The van der Waals surface area contributed by atoms with Crippen LogP contribution < -0.4 is 4.74 Å². The molecule has 1 aliphatic rings. The van der Waals surface area contributed by atoms with Gasteiger partial charge < -0.3 is 33.1 Å². The van der Waals surface area contributed by atoms with Crippen LogP contribution in [0.5, 0.6) is 5.75 Å². The molecule has 9 nitrogen and oxygen atoms in total. The van der Waals surface area contributed by atoms with E-state index in [1.165, 1.54) is 4.90 Å². The third-order valence-electron chi connectivity index (χ3n) is 11.5. The molecule has 1 fully saturated rings. The van der Waals surface area contributed by atoms with Crippen LogP contribution >= 0.6 is 22.6 Å². The summed E-state index contributed by atoms with van der Waals surface area (Å²) in [6, 6.07) is 7.82. The molecule has 1 saturated heterocycles. The van der Waals surface area contributed by atoms with Gasteiger partial charge >= 0.3 is 6.09 Å². The molecule has 1 aliphatic heterocycles. The second-order valence-electron chi connectivity index (χ2n) is 17.9. The highest BCUT2D eigenvalue weighted by Gasteiger charge is 2.50. The van der Waals surface area contributed by atoms with Gasteiger partial charge in [-0.3, -0.25) is 4.79 Å². The van der Waals surface area contributed by atoms with Crippen molar-refractivity contribution in [3.8, 4) is 5.75 Å². The molecule has 53 heavy (non-hydrogen) atoms. The van der Waals surface area contributed by atoms with E-state index in [4.69, 9.17) is 23.1 Å². The lowest BCUT2D eigenvalue weighted by molar-refractivity contribution is -0.124. The first-order chi connectivity index (χ1) is 24.5. The first-order valence-corrected chi connectivity index (χ1v) is 26.2. The molecule has 302 valence electrons. The number of ketones is 1. The summed E-state index contributed by atoms with van der Waals surface area (Å²) in [5.41, 5.74) is 1.04. The normalized spacial score (nSPS) is 20.9. The lowest BCUT2D eigenvalue weighted by atomic mass is 9.89. The van der Waals surface area contributed by atoms with Crippen molar-refractivity contribution in [1.29, 1.82) is 0 Å². The molecule has 1 N–H and O–H groups in total. The maximum absolute atomic E-state index is 13.8. The first kappa shape index (κ1) is 47.6. The highest BCUT2D eigenvalue weighted by molar-refractivity contribution is 14.1. The minimum Gasteiger partial charge on any atom is -0.497 e. The van der Waals surface area contributed by atoms with Crippen LogP contribution in [0.1, 0.15) is 86.6 Å². The van der Waals surface area contributed by atoms with Crippen molar-refractivity contribution in [3.63, 3.8) is 0 Å². The van der Waals surface area contributed by atoms with E-state index >= 15 is 0 Å². The van der Waals surface area contributed by atoms with Gasteiger partial charge in [0, 0.05) is 32.4 Å². The number of amides is 1. The van der Waals surface area contributed by atoms with Gasteiger partial charge in [0.25, 0.3) is 0 Å². The fraction of sp³-hybridized carbons (Fsp3) is 0.707. The summed E-state index contributed by atoms with van der Waals surface area (Å²) in [7, 11) is -2.84. The second-order valence-corrected chi connectivity index (χ2v) is 28.1. The Bertz CT molecular complexity index is 1340. The van der Waals surface area contributed by atoms with Crippen molar-refractivity contribution < 1.29 is 37.8 Å². The third kappa shape index (κ3) is 14.5. The van der Waals surface area contributed by atoms with E-state index in [9.17, 15) is 14.7 Å². The Balaban J connectivity index is 2.31. The molecule has 0 spiro atoms. The zero-order valence-corrected chi connectivity index (χ0v) is 39.0. The number of methoxy groups -OCH3 is 1. The minimum atomic E-state index is -2.27. The Kier molecular flexibility index (Phi) is 18.5. The highest BCUT2D eigenvalue weighted by atomic mass is 127. The molecule has 1 aromatic rings. The summed E-state index contributed by atoms with van der Waals surface area (Å²) in [4.78, 5) is 27.2. The van der Waals surface area contributed by atoms with E-state index in [2.05, 4.69) is 111 Å². The largest absolute Gasteiger partial charge is 0.497 e. The van der Waals surface area contributed by atoms with Gasteiger partial charge in [-0.2, -0.15) is 0 Å². The maximum atomic E-state index is 13.8. The number of Topliss-reactive ketones (excluding diaryl/α,β-unsaturated/α-hetero) is 1. The molecule has 0 saturated carbocycles. The number of benzene rings is 1. The van der Waals surface area contributed by atoms with Gasteiger partial charge in [0.1, 0.15) is 11.5 Å². The van der Waals surface area contributed by atoms with Crippen LogP contribution in [0, 0.1) is 11.8 Å². The van der Waals surface area contributed by atoms with Crippen LogP contribution in [0.15, 0.2) is 47.1 Å². The van der Waals surface area contributed by atoms with E-state index in [0.717, 1.165) is 11.3 Å². The number of carbonyl (C=O) groups excluding carboxylic acids is 1. The number of nitrogens with zero attached hydrogens (tertiary/aromatic N) is 1. The summed E-state index contributed by atoms with van der Waals surface area (Å²) < 4.78 is 34.7. The predicted molar refractivity (Wildman–Crippen MR) is 229 cm³/mol. The lowest BCUT2D eigenvalue weighted by Gasteiger charge is -2.41. The average molecular weight is 888 g/mol. The van der Waals surface area contributed by atoms with Crippen molar-refractivity contribution in [3.05, 3.63) is 52.6 Å². The van der Waals surface area contributed by atoms with Gasteiger partial charge in [-0.25, -0.2) is 4.79 Å². The van der Waals surface area contributed by atoms with Crippen molar-refractivity contribution in [2.45, 2.75) is 154 Å². The number of carbonyl (C=O) groups is 2. The zero-order valence-electron chi connectivity index (χ0n) is 34.9. The highest BCUT2D eigenvalue weighted by Crippen LogP contribution is 2.44. The molecular formula is C41H70INO8Si2. The minimum absolute atomic E-state index is 0.0130. The monoisotopic (exact) mass is 887 g/mol. The molecule has 0 radical (unpaired) electrons. The van der Waals surface area contributed by atoms with Gasteiger partial charge in [-0.1, -0.05) is 96.2 Å². The van der Waals surface area contributed by atoms with Crippen LogP contribution in [0.25, 0.3) is 0 Å². The SMILES string of the molecule is C=CCN(CCC(O[Si](C)(C)C(C)(C)C)[C@@H]1C[C@H](O[Si](C)(C)C(C)(C)C)[C@H]([C@@H](C)CC(=O)C[C@H](C)[C@@H](/C=C/I)OCc2ccc(OC)cc2)O1)C(=O)O. The number of rotatable bonds is 21. The Morgan fingerprint density at radius 3 is 2.15 bits per heavy atom. The van der Waals surface area contributed by atoms with Crippen molar-refractivity contribution in [1.82, 2.24) is 4.90 Å². The number of hydrogen-bond acceptors (Lipinski definition) is 7. The van der Waals surface area contributed by atoms with Gasteiger partial charge in [0.15, 0.2) is 16.6 Å². The number of halogens is 1. The van der Waals surface area contributed by atoms with E-state index in [0.29, 0.717) is 38.8 Å². The van der Waals surface area contributed by atoms with E-state index in [-0.39, 0.29) is 64.8 Å². The molecule has 0 bridgehead atoms. The fourth-order valence-electron chi connectivity index (χ4n) is 6.13. The Morgan fingerprint density at radius 2 is 1.64 bits per heavy atom. The molecule has 7 atom stereocenters. The molecule has 1 heterocycles. The van der Waals surface area contributed by atoms with Gasteiger partial charge in [-0.15, -0.1) is 6.58 Å². The Labute approximate surface area is 337 Å². The molecule has 12 heteroatoms. The topological polar surface area (TPSA) is 104 Å². The van der Waals surface area contributed by atoms with Crippen molar-refractivity contribution >= 4 is 51.1 Å². The van der Waals surface area contributed by atoms with E-state index in [1.807, 2.05) is 34.4 Å². The lowest BCUT2D eigenvalue weighted by Crippen LogP contribution is -2.48. The van der Waals surface area contributed by atoms with Crippen LogP contribution in [0.4, 0.5) is 4.79 Å². The summed E-state index contributed by atoms with van der Waals surface area (Å²) in [5, 5.41) is 9.80. The first-order valence-electron chi connectivity index (χ1n) is 19.1. The standard InChI is InChI=1S/C41H70INO8Si2/c1-15-23-43(39(45)46)24-21-35(50-52(11,12)40(4,5)6)36-27-37(51-53(13,14)41(7,8)9)38(49-36)30(3)26-32(44)25-29(2)34(20-22-42)48-28-31-16-18-33(47-10)19-17-31/h15-20,22,29-30,34-38H,1,21,23-28H2,2-14H3,(H,45,46)/b22-20+/t29-,30-,34+,35?,36-,37-,38-/m0/s1. The van der Waals surface area contributed by atoms with Gasteiger partial charge in [0.05, 0.1) is 44.2 Å². The van der Waals surface area contributed by atoms with Crippen LogP contribution in [0.2, 0.25) is 36.3 Å². The molecule has 1 unspecified atom stereocenters. The van der Waals surface area contributed by atoms with Crippen LogP contribution in [-0.2, 0) is 29.7 Å². The van der Waals surface area contributed by atoms with Crippen molar-refractivity contribution in [2.75, 3.05) is 20.2 Å². The number of hydrogen-bond donors (Lipinski definition) is 1. The Hall–Kier alpha value is -1.56. The quantitative estimate of drug-likeness (QED) is 0.0740. The molecule has 2 rings (SSSR count). The third-order valence-corrected chi connectivity index (χ3v) is 20.9. The molecule has 1 aromatic carbocycles. The molecule has 0 aliphatic carbocycles. The predicted octanol–water partition coefficient (Wildman–Crippen LogP) is 10.6. The summed E-state index contributed by atoms with van der Waals surface area (Å²) >= 11 is 2.20.